The first-order valence-electron chi connectivity index (χ1n) is 9.62. The first kappa shape index (κ1) is 18.2. The molecule has 0 radical (unpaired) electrons. The number of benzene rings is 1. The average Bonchev–Trinajstić information content (AvgIpc) is 3.51. The lowest BCUT2D eigenvalue weighted by atomic mass is 10.2. The van der Waals surface area contributed by atoms with Gasteiger partial charge in [-0.2, -0.15) is 0 Å². The maximum Gasteiger partial charge on any atom is 0.267 e. The van der Waals surface area contributed by atoms with Crippen molar-refractivity contribution in [2.45, 2.75) is 32.6 Å². The lowest BCUT2D eigenvalue weighted by Gasteiger charge is -2.08. The van der Waals surface area contributed by atoms with Crippen LogP contribution in [0, 0.1) is 6.92 Å². The fourth-order valence-electron chi connectivity index (χ4n) is 3.42. The molecule has 0 saturated heterocycles. The van der Waals surface area contributed by atoms with Crippen LogP contribution in [0.15, 0.2) is 47.7 Å². The third kappa shape index (κ3) is 3.28. The molecule has 0 unspecified atom stereocenters. The van der Waals surface area contributed by atoms with Crippen molar-refractivity contribution in [3.05, 3.63) is 64.3 Å². The van der Waals surface area contributed by atoms with Crippen molar-refractivity contribution < 1.29 is 8.37 Å². The van der Waals surface area contributed by atoms with Crippen LogP contribution in [-0.4, -0.2) is 25.5 Å². The topological polar surface area (TPSA) is 70.7 Å². The molecule has 5 rings (SSSR count). The van der Waals surface area contributed by atoms with E-state index in [9.17, 15) is 4.79 Å². The molecule has 4 aromatic rings. The van der Waals surface area contributed by atoms with Crippen LogP contribution < -0.4 is 9.74 Å². The van der Waals surface area contributed by atoms with Gasteiger partial charge >= 0.3 is 0 Å². The minimum absolute atomic E-state index is 0.188. The fraction of sp³-hybridized carbons (Fsp3) is 0.286. The highest BCUT2D eigenvalue weighted by atomic mass is 32.2. The molecule has 0 atom stereocenters. The van der Waals surface area contributed by atoms with Crippen molar-refractivity contribution in [1.82, 2.24) is 18.9 Å². The number of aryl methyl sites for hydroxylation is 1. The van der Waals surface area contributed by atoms with E-state index in [1.165, 1.54) is 29.3 Å². The number of nitrogens with zero attached hydrogens (tertiary/aromatic N) is 4. The van der Waals surface area contributed by atoms with E-state index in [-0.39, 0.29) is 5.56 Å². The van der Waals surface area contributed by atoms with Gasteiger partial charge in [0.15, 0.2) is 0 Å². The standard InChI is InChI=1S/C21H20N4O3S/c1-3-27-29-28-21-19(23-18-11-15(14-5-6-14)8-9-24(18)21)25-12-22-17-10-13(2)4-7-16(17)20(25)26/h4,7-12,14H,3,5-6H2,1-2H3. The molecule has 29 heavy (non-hydrogen) atoms. The van der Waals surface area contributed by atoms with Gasteiger partial charge in [0.05, 0.1) is 17.5 Å². The minimum atomic E-state index is -0.188. The van der Waals surface area contributed by atoms with Gasteiger partial charge in [0, 0.05) is 6.20 Å². The van der Waals surface area contributed by atoms with Crippen LogP contribution >= 0.6 is 12.3 Å². The minimum Gasteiger partial charge on any atom is -0.377 e. The lowest BCUT2D eigenvalue weighted by Crippen LogP contribution is -2.19. The van der Waals surface area contributed by atoms with E-state index >= 15 is 0 Å². The molecule has 8 heteroatoms. The first-order valence-corrected chi connectivity index (χ1v) is 10.3. The van der Waals surface area contributed by atoms with Gasteiger partial charge in [-0.05, 0) is 68.0 Å². The van der Waals surface area contributed by atoms with Crippen molar-refractivity contribution >= 4 is 28.9 Å². The van der Waals surface area contributed by atoms with E-state index in [4.69, 9.17) is 13.4 Å². The third-order valence-electron chi connectivity index (χ3n) is 5.06. The number of pyridine rings is 1. The molecule has 0 amide bonds. The monoisotopic (exact) mass is 408 g/mol. The molecule has 1 aliphatic carbocycles. The Morgan fingerprint density at radius 3 is 2.90 bits per heavy atom. The zero-order chi connectivity index (χ0) is 20.0. The van der Waals surface area contributed by atoms with E-state index in [1.807, 2.05) is 36.6 Å². The van der Waals surface area contributed by atoms with E-state index in [1.54, 1.807) is 6.07 Å². The van der Waals surface area contributed by atoms with Gasteiger partial charge in [0.1, 0.15) is 12.0 Å². The highest BCUT2D eigenvalue weighted by Gasteiger charge is 2.25. The summed E-state index contributed by atoms with van der Waals surface area (Å²) in [5.41, 5.74) is 3.52. The third-order valence-corrected chi connectivity index (χ3v) is 5.62. The maximum atomic E-state index is 13.2. The summed E-state index contributed by atoms with van der Waals surface area (Å²) >= 11 is 0.872. The molecule has 0 spiro atoms. The van der Waals surface area contributed by atoms with E-state index in [2.05, 4.69) is 17.1 Å². The van der Waals surface area contributed by atoms with Gasteiger partial charge in [-0.1, -0.05) is 6.07 Å². The second kappa shape index (κ2) is 7.20. The Kier molecular flexibility index (Phi) is 4.52. The van der Waals surface area contributed by atoms with Crippen molar-refractivity contribution in [2.75, 3.05) is 6.61 Å². The summed E-state index contributed by atoms with van der Waals surface area (Å²) in [4.78, 5) is 22.3. The van der Waals surface area contributed by atoms with Gasteiger partial charge in [0.25, 0.3) is 11.4 Å². The van der Waals surface area contributed by atoms with Crippen LogP contribution in [0.1, 0.15) is 36.8 Å². The maximum absolute atomic E-state index is 13.2. The SMILES string of the molecule is CCOSOc1c(-n2cnc3cc(C)ccc3c2=O)nc2cc(C3CC3)ccn12. The Labute approximate surface area is 171 Å². The second-order valence-corrected chi connectivity index (χ2v) is 7.74. The summed E-state index contributed by atoms with van der Waals surface area (Å²) in [6.45, 7) is 4.36. The molecule has 0 N–H and O–H groups in total. The summed E-state index contributed by atoms with van der Waals surface area (Å²) in [6, 6.07) is 9.74. The summed E-state index contributed by atoms with van der Waals surface area (Å²) in [5.74, 6) is 1.43. The Balaban J connectivity index is 1.69. The number of imidazole rings is 1. The number of hydrogen-bond donors (Lipinski definition) is 0. The molecular weight excluding hydrogens is 388 g/mol. The van der Waals surface area contributed by atoms with Gasteiger partial charge < -0.3 is 4.18 Å². The molecule has 0 bridgehead atoms. The number of rotatable bonds is 6. The molecule has 1 aromatic carbocycles. The van der Waals surface area contributed by atoms with E-state index in [0.717, 1.165) is 23.5 Å². The van der Waals surface area contributed by atoms with Crippen LogP contribution in [0.4, 0.5) is 0 Å². The second-order valence-electron chi connectivity index (χ2n) is 7.20. The van der Waals surface area contributed by atoms with Crippen LogP contribution in [0.25, 0.3) is 22.4 Å². The number of aromatic nitrogens is 4. The molecule has 7 nitrogen and oxygen atoms in total. The summed E-state index contributed by atoms with van der Waals surface area (Å²) in [7, 11) is 0. The molecule has 1 saturated carbocycles. The zero-order valence-electron chi connectivity index (χ0n) is 16.2. The Hall–Kier alpha value is -2.84. The Morgan fingerprint density at radius 2 is 2.10 bits per heavy atom. The first-order chi connectivity index (χ1) is 14.2. The van der Waals surface area contributed by atoms with Gasteiger partial charge in [-0.15, -0.1) is 0 Å². The lowest BCUT2D eigenvalue weighted by molar-refractivity contribution is 0.366. The predicted molar refractivity (Wildman–Crippen MR) is 113 cm³/mol. The van der Waals surface area contributed by atoms with Gasteiger partial charge in [0.2, 0.25) is 18.1 Å². The molecular formula is C21H20N4O3S. The summed E-state index contributed by atoms with van der Waals surface area (Å²) in [6.07, 6.45) is 5.86. The molecule has 1 fully saturated rings. The Bertz CT molecular complexity index is 1280. The zero-order valence-corrected chi connectivity index (χ0v) is 17.0. The smallest absolute Gasteiger partial charge is 0.267 e. The molecule has 0 aliphatic heterocycles. The van der Waals surface area contributed by atoms with Crippen LogP contribution in [0.5, 0.6) is 5.88 Å². The van der Waals surface area contributed by atoms with Crippen molar-refractivity contribution in [2.24, 2.45) is 0 Å². The highest BCUT2D eigenvalue weighted by Crippen LogP contribution is 2.41. The highest BCUT2D eigenvalue weighted by molar-refractivity contribution is 7.90. The van der Waals surface area contributed by atoms with Crippen molar-refractivity contribution in [3.8, 4) is 11.7 Å². The molecule has 3 heterocycles. The number of fused-ring (bicyclic) bond motifs is 2. The molecule has 148 valence electrons. The quantitative estimate of drug-likeness (QED) is 0.352. The van der Waals surface area contributed by atoms with Crippen molar-refractivity contribution in [3.63, 3.8) is 0 Å². The fourth-order valence-corrected chi connectivity index (χ4v) is 3.78. The van der Waals surface area contributed by atoms with Crippen LogP contribution in [-0.2, 0) is 4.18 Å². The normalized spacial score (nSPS) is 14.0. The summed E-state index contributed by atoms with van der Waals surface area (Å²) in [5, 5.41) is 0.539. The average molecular weight is 408 g/mol. The van der Waals surface area contributed by atoms with E-state index in [0.29, 0.717) is 35.1 Å². The van der Waals surface area contributed by atoms with Crippen LogP contribution in [0.3, 0.4) is 0 Å². The molecule has 1 aliphatic rings. The van der Waals surface area contributed by atoms with Crippen molar-refractivity contribution in [1.29, 1.82) is 0 Å². The Morgan fingerprint density at radius 1 is 1.24 bits per heavy atom. The predicted octanol–water partition coefficient (Wildman–Crippen LogP) is 4.20. The molecule has 3 aromatic heterocycles. The number of hydrogen-bond acceptors (Lipinski definition) is 6. The largest absolute Gasteiger partial charge is 0.377 e. The van der Waals surface area contributed by atoms with E-state index < -0.39 is 0 Å². The summed E-state index contributed by atoms with van der Waals surface area (Å²) < 4.78 is 14.3. The van der Waals surface area contributed by atoms with Gasteiger partial charge in [-0.3, -0.25) is 13.4 Å². The van der Waals surface area contributed by atoms with Crippen LogP contribution in [0.2, 0.25) is 0 Å². The van der Waals surface area contributed by atoms with Gasteiger partial charge in [-0.25, -0.2) is 14.5 Å².